The fourth-order valence-electron chi connectivity index (χ4n) is 3.81. The molecule has 0 saturated carbocycles. The van der Waals surface area contributed by atoms with Crippen molar-refractivity contribution in [2.45, 2.75) is 13.2 Å². The molecule has 0 saturated heterocycles. The van der Waals surface area contributed by atoms with Gasteiger partial charge in [-0.2, -0.15) is 5.21 Å². The summed E-state index contributed by atoms with van der Waals surface area (Å²) in [6.45, 7) is 0.621. The summed E-state index contributed by atoms with van der Waals surface area (Å²) in [5.74, 6) is 1.70. The van der Waals surface area contributed by atoms with Gasteiger partial charge in [-0.25, -0.2) is 4.79 Å². The van der Waals surface area contributed by atoms with Gasteiger partial charge in [0.2, 0.25) is 5.82 Å². The van der Waals surface area contributed by atoms with E-state index >= 15 is 0 Å². The van der Waals surface area contributed by atoms with Crippen molar-refractivity contribution in [3.05, 3.63) is 76.7 Å². The van der Waals surface area contributed by atoms with Crippen LogP contribution in [0.15, 0.2) is 65.3 Å². The number of aromatic amines is 1. The van der Waals surface area contributed by atoms with E-state index in [0.29, 0.717) is 23.9 Å². The number of nitrogens with zero attached hydrogens (tertiary/aromatic N) is 5. The normalized spacial score (nSPS) is 11.1. The summed E-state index contributed by atoms with van der Waals surface area (Å²) in [6, 6.07) is 17.7. The first kappa shape index (κ1) is 21.9. The summed E-state index contributed by atoms with van der Waals surface area (Å²) in [5.41, 5.74) is 1.99. The highest BCUT2D eigenvalue weighted by atomic mass is 79.9. The van der Waals surface area contributed by atoms with E-state index in [1.54, 1.807) is 11.9 Å². The molecule has 0 bridgehead atoms. The molecule has 0 atom stereocenters. The Morgan fingerprint density at radius 2 is 1.97 bits per heavy atom. The summed E-state index contributed by atoms with van der Waals surface area (Å²) < 4.78 is 14.3. The van der Waals surface area contributed by atoms with Crippen molar-refractivity contribution < 1.29 is 14.3 Å². The standard InChI is InChI=1S/C24H21BrN6O3/c1-30-13-21(18-5-3-4-6-19(18)30)34-24(32)31(2)12-15-7-9-17-16(11-15)8-10-20(23(17)25)33-14-22-26-28-29-27-22/h3-11,13H,12,14H2,1-2H3,(H,26,27,28,29). The van der Waals surface area contributed by atoms with Crippen molar-refractivity contribution in [1.82, 2.24) is 30.1 Å². The van der Waals surface area contributed by atoms with Gasteiger partial charge in [0, 0.05) is 32.2 Å². The lowest BCUT2D eigenvalue weighted by Crippen LogP contribution is -2.29. The second-order valence-electron chi connectivity index (χ2n) is 7.90. The van der Waals surface area contributed by atoms with Gasteiger partial charge in [0.25, 0.3) is 0 Å². The molecule has 3 aromatic carbocycles. The molecule has 0 fully saturated rings. The van der Waals surface area contributed by atoms with Crippen LogP contribution >= 0.6 is 15.9 Å². The number of aromatic nitrogens is 5. The van der Waals surface area contributed by atoms with Crippen LogP contribution in [-0.2, 0) is 20.2 Å². The summed E-state index contributed by atoms with van der Waals surface area (Å²) in [5, 5.41) is 16.6. The molecule has 5 rings (SSSR count). The highest BCUT2D eigenvalue weighted by Gasteiger charge is 2.16. The molecule has 2 aromatic heterocycles. The van der Waals surface area contributed by atoms with Crippen LogP contribution < -0.4 is 9.47 Å². The van der Waals surface area contributed by atoms with Crippen molar-refractivity contribution in [3.8, 4) is 11.5 Å². The van der Waals surface area contributed by atoms with E-state index in [1.807, 2.05) is 72.4 Å². The number of benzene rings is 3. The van der Waals surface area contributed by atoms with Crippen LogP contribution in [0.3, 0.4) is 0 Å². The highest BCUT2D eigenvalue weighted by Crippen LogP contribution is 2.34. The fraction of sp³-hybridized carbons (Fsp3) is 0.167. The molecule has 1 amide bonds. The average molecular weight is 521 g/mol. The Labute approximate surface area is 203 Å². The third-order valence-electron chi connectivity index (χ3n) is 5.52. The SMILES string of the molecule is CN(Cc1ccc2c(Br)c(OCc3nn[nH]n3)ccc2c1)C(=O)Oc1cn(C)c2ccccc12. The summed E-state index contributed by atoms with van der Waals surface area (Å²) in [7, 11) is 3.65. The number of carbonyl (C=O) groups excluding carboxylic acids is 1. The number of halogens is 1. The minimum atomic E-state index is -0.414. The Morgan fingerprint density at radius 1 is 1.12 bits per heavy atom. The number of fused-ring (bicyclic) bond motifs is 2. The average Bonchev–Trinajstić information content (AvgIpc) is 3.47. The number of hydrogen-bond acceptors (Lipinski definition) is 6. The smallest absolute Gasteiger partial charge is 0.415 e. The lowest BCUT2D eigenvalue weighted by Gasteiger charge is -2.17. The van der Waals surface area contributed by atoms with E-state index in [0.717, 1.165) is 31.7 Å². The van der Waals surface area contributed by atoms with Crippen molar-refractivity contribution in [3.63, 3.8) is 0 Å². The maximum Gasteiger partial charge on any atom is 0.415 e. The van der Waals surface area contributed by atoms with Crippen LogP contribution in [-0.4, -0.2) is 43.2 Å². The largest absolute Gasteiger partial charge is 0.484 e. The molecule has 1 N–H and O–H groups in total. The lowest BCUT2D eigenvalue weighted by molar-refractivity contribution is 0.161. The number of hydrogen-bond donors (Lipinski definition) is 1. The van der Waals surface area contributed by atoms with Gasteiger partial charge < -0.3 is 18.9 Å². The van der Waals surface area contributed by atoms with E-state index in [9.17, 15) is 4.79 Å². The first-order valence-corrected chi connectivity index (χ1v) is 11.3. The quantitative estimate of drug-likeness (QED) is 0.344. The molecule has 9 nitrogen and oxygen atoms in total. The number of tetrazole rings is 1. The predicted octanol–water partition coefficient (Wildman–Crippen LogP) is 4.82. The molecule has 5 aromatic rings. The van der Waals surface area contributed by atoms with Crippen LogP contribution in [0.4, 0.5) is 4.79 Å². The summed E-state index contributed by atoms with van der Waals surface area (Å²) >= 11 is 3.63. The van der Waals surface area contributed by atoms with Crippen molar-refractivity contribution >= 4 is 43.7 Å². The van der Waals surface area contributed by atoms with E-state index in [2.05, 4.69) is 36.6 Å². The third kappa shape index (κ3) is 4.32. The molecule has 0 aliphatic rings. The van der Waals surface area contributed by atoms with Crippen molar-refractivity contribution in [2.75, 3.05) is 7.05 Å². The number of rotatable bonds is 6. The van der Waals surface area contributed by atoms with Crippen LogP contribution in [0.25, 0.3) is 21.7 Å². The van der Waals surface area contributed by atoms with Crippen LogP contribution in [0, 0.1) is 0 Å². The van der Waals surface area contributed by atoms with Crippen LogP contribution in [0.5, 0.6) is 11.5 Å². The zero-order valence-corrected chi connectivity index (χ0v) is 20.1. The Bertz CT molecular complexity index is 1480. The Morgan fingerprint density at radius 3 is 2.79 bits per heavy atom. The van der Waals surface area contributed by atoms with Gasteiger partial charge in [0.05, 0.1) is 9.99 Å². The molecule has 0 radical (unpaired) electrons. The summed E-state index contributed by atoms with van der Waals surface area (Å²) in [6.07, 6.45) is 1.41. The maximum absolute atomic E-state index is 12.8. The predicted molar refractivity (Wildman–Crippen MR) is 131 cm³/mol. The number of aryl methyl sites for hydroxylation is 1. The molecule has 172 valence electrons. The lowest BCUT2D eigenvalue weighted by atomic mass is 10.1. The first-order valence-electron chi connectivity index (χ1n) is 10.5. The van der Waals surface area contributed by atoms with Gasteiger partial charge in [0.1, 0.15) is 5.75 Å². The Kier molecular flexibility index (Phi) is 5.89. The minimum absolute atomic E-state index is 0.211. The van der Waals surface area contributed by atoms with Gasteiger partial charge in [0.15, 0.2) is 12.4 Å². The van der Waals surface area contributed by atoms with Gasteiger partial charge in [-0.15, -0.1) is 10.2 Å². The molecule has 34 heavy (non-hydrogen) atoms. The zero-order chi connectivity index (χ0) is 23.7. The third-order valence-corrected chi connectivity index (χ3v) is 6.34. The molecule has 0 unspecified atom stereocenters. The van der Waals surface area contributed by atoms with E-state index in [-0.39, 0.29) is 6.61 Å². The van der Waals surface area contributed by atoms with E-state index in [1.165, 1.54) is 0 Å². The molecule has 0 aliphatic carbocycles. The molecular formula is C24H21BrN6O3. The fourth-order valence-corrected chi connectivity index (χ4v) is 4.42. The van der Waals surface area contributed by atoms with Crippen LogP contribution in [0.1, 0.15) is 11.4 Å². The Balaban J connectivity index is 1.29. The molecule has 0 spiro atoms. The second-order valence-corrected chi connectivity index (χ2v) is 8.69. The van der Waals surface area contributed by atoms with Gasteiger partial charge in [-0.1, -0.05) is 35.5 Å². The highest BCUT2D eigenvalue weighted by molar-refractivity contribution is 9.10. The van der Waals surface area contributed by atoms with Crippen LogP contribution in [0.2, 0.25) is 0 Å². The Hall–Kier alpha value is -3.92. The number of amides is 1. The number of H-pyrrole nitrogens is 1. The number of carbonyl (C=O) groups is 1. The molecular weight excluding hydrogens is 500 g/mol. The maximum atomic E-state index is 12.8. The van der Waals surface area contributed by atoms with E-state index in [4.69, 9.17) is 9.47 Å². The number of nitrogens with one attached hydrogen (secondary N) is 1. The van der Waals surface area contributed by atoms with E-state index < -0.39 is 6.09 Å². The second kappa shape index (κ2) is 9.14. The topological polar surface area (TPSA) is 98.2 Å². The van der Waals surface area contributed by atoms with Gasteiger partial charge >= 0.3 is 6.09 Å². The zero-order valence-electron chi connectivity index (χ0n) is 18.5. The first-order chi connectivity index (χ1) is 16.5. The number of para-hydroxylation sites is 1. The van der Waals surface area contributed by atoms with Crippen molar-refractivity contribution in [1.29, 1.82) is 0 Å². The van der Waals surface area contributed by atoms with Gasteiger partial charge in [-0.05, 0) is 56.5 Å². The number of ether oxygens (including phenoxy) is 2. The minimum Gasteiger partial charge on any atom is -0.484 e. The molecule has 0 aliphatic heterocycles. The monoisotopic (exact) mass is 520 g/mol. The molecule has 2 heterocycles. The van der Waals surface area contributed by atoms with Crippen molar-refractivity contribution in [2.24, 2.45) is 7.05 Å². The molecule has 10 heteroatoms. The summed E-state index contributed by atoms with van der Waals surface area (Å²) in [4.78, 5) is 14.3. The van der Waals surface area contributed by atoms with Gasteiger partial charge in [-0.3, -0.25) is 0 Å².